The van der Waals surface area contributed by atoms with Crippen LogP contribution in [0.5, 0.6) is 5.75 Å². The van der Waals surface area contributed by atoms with E-state index in [1.165, 1.54) is 12.5 Å². The molecule has 3 rings (SSSR count). The highest BCUT2D eigenvalue weighted by atomic mass is 16.3. The quantitative estimate of drug-likeness (QED) is 0.224. The van der Waals surface area contributed by atoms with Gasteiger partial charge in [0.25, 0.3) is 5.91 Å². The molecule has 0 spiro atoms. The minimum Gasteiger partial charge on any atom is -0.508 e. The fourth-order valence-electron chi connectivity index (χ4n) is 5.38. The zero-order valence-electron chi connectivity index (χ0n) is 24.8. The Bertz CT molecular complexity index is 1310. The molecule has 1 heterocycles. The smallest absolute Gasteiger partial charge is 0.262 e. The lowest BCUT2D eigenvalue weighted by Gasteiger charge is -2.22. The van der Waals surface area contributed by atoms with Crippen LogP contribution in [0.25, 0.3) is 10.9 Å². The second kappa shape index (κ2) is 14.7. The molecular formula is C33H45N3O4. The Morgan fingerprint density at radius 3 is 2.17 bits per heavy atom. The molecule has 0 saturated carbocycles. The predicted octanol–water partition coefficient (Wildman–Crippen LogP) is 6.86. The lowest BCUT2D eigenvalue weighted by molar-refractivity contribution is -0.130. The van der Waals surface area contributed by atoms with E-state index >= 15 is 0 Å². The number of aromatic nitrogens is 1. The standard InChI is InChI=1S/C33H45N3O4/c1-6-9-14-26-16-18-27(19-17-26)33(40)36-24(4)32(29-23-28(38)20-21-30(29)36)35(25(5)37)22-13-11-10-12-15-31(39)34(7-2)8-3/h16-21,23,38H,6-15,22H2,1-5H3. The lowest BCUT2D eigenvalue weighted by Crippen LogP contribution is -2.30. The third-order valence-electron chi connectivity index (χ3n) is 7.67. The van der Waals surface area contributed by atoms with Crippen molar-refractivity contribution in [3.63, 3.8) is 0 Å². The van der Waals surface area contributed by atoms with E-state index in [9.17, 15) is 19.5 Å². The first-order chi connectivity index (χ1) is 19.2. The number of carbonyl (C=O) groups is 3. The van der Waals surface area contributed by atoms with Gasteiger partial charge in [-0.25, -0.2) is 0 Å². The van der Waals surface area contributed by atoms with Gasteiger partial charge in [0.05, 0.1) is 11.2 Å². The second-order valence-electron chi connectivity index (χ2n) is 10.5. The third kappa shape index (κ3) is 7.32. The Morgan fingerprint density at radius 2 is 1.55 bits per heavy atom. The number of aryl methyl sites for hydroxylation is 1. The van der Waals surface area contributed by atoms with Gasteiger partial charge in [-0.1, -0.05) is 38.3 Å². The van der Waals surface area contributed by atoms with Gasteiger partial charge in [0.2, 0.25) is 11.8 Å². The van der Waals surface area contributed by atoms with Crippen molar-refractivity contribution < 1.29 is 19.5 Å². The number of phenols is 1. The van der Waals surface area contributed by atoms with E-state index in [0.717, 1.165) is 58.0 Å². The summed E-state index contributed by atoms with van der Waals surface area (Å²) in [6.07, 6.45) is 7.16. The van der Waals surface area contributed by atoms with Crippen LogP contribution in [-0.2, 0) is 16.0 Å². The summed E-state index contributed by atoms with van der Waals surface area (Å²) in [6, 6.07) is 12.7. The molecule has 3 aromatic rings. The van der Waals surface area contributed by atoms with Gasteiger partial charge in [0, 0.05) is 49.6 Å². The molecule has 1 N–H and O–H groups in total. The number of unbranched alkanes of at least 4 members (excludes halogenated alkanes) is 4. The van der Waals surface area contributed by atoms with Crippen molar-refractivity contribution >= 4 is 34.3 Å². The molecule has 0 atom stereocenters. The fraction of sp³-hybridized carbons (Fsp3) is 0.485. The molecule has 7 nitrogen and oxygen atoms in total. The molecule has 2 aromatic carbocycles. The molecule has 2 amide bonds. The summed E-state index contributed by atoms with van der Waals surface area (Å²) in [5, 5.41) is 11.0. The Hall–Kier alpha value is -3.61. The number of carbonyl (C=O) groups excluding carboxylic acids is 3. The van der Waals surface area contributed by atoms with E-state index in [-0.39, 0.29) is 23.5 Å². The number of benzene rings is 2. The average molecular weight is 548 g/mol. The van der Waals surface area contributed by atoms with E-state index in [2.05, 4.69) is 6.92 Å². The molecule has 0 aliphatic rings. The molecule has 0 bridgehead atoms. The summed E-state index contributed by atoms with van der Waals surface area (Å²) in [5.41, 5.74) is 3.77. The van der Waals surface area contributed by atoms with Gasteiger partial charge in [-0.3, -0.25) is 19.0 Å². The van der Waals surface area contributed by atoms with Crippen LogP contribution in [0.1, 0.15) is 94.3 Å². The SMILES string of the molecule is CCCCc1ccc(C(=O)n2c(C)c(N(CCCCCCC(=O)N(CC)CC)C(C)=O)c3cc(O)ccc32)cc1. The predicted molar refractivity (Wildman–Crippen MR) is 162 cm³/mol. The van der Waals surface area contributed by atoms with Crippen molar-refractivity contribution in [3.8, 4) is 5.75 Å². The summed E-state index contributed by atoms with van der Waals surface area (Å²) in [4.78, 5) is 42.4. The summed E-state index contributed by atoms with van der Waals surface area (Å²) in [6.45, 7) is 11.5. The monoisotopic (exact) mass is 547 g/mol. The van der Waals surface area contributed by atoms with Gasteiger partial charge >= 0.3 is 0 Å². The summed E-state index contributed by atoms with van der Waals surface area (Å²) >= 11 is 0. The van der Waals surface area contributed by atoms with E-state index in [1.54, 1.807) is 27.7 Å². The Morgan fingerprint density at radius 1 is 0.875 bits per heavy atom. The van der Waals surface area contributed by atoms with Crippen LogP contribution in [0.4, 0.5) is 5.69 Å². The maximum absolute atomic E-state index is 13.7. The number of nitrogens with zero attached hydrogens (tertiary/aromatic N) is 3. The first kappa shape index (κ1) is 30.9. The van der Waals surface area contributed by atoms with Crippen molar-refractivity contribution in [2.24, 2.45) is 0 Å². The number of phenolic OH excluding ortho intramolecular Hbond substituents is 1. The second-order valence-corrected chi connectivity index (χ2v) is 10.5. The molecule has 0 aliphatic heterocycles. The van der Waals surface area contributed by atoms with E-state index in [4.69, 9.17) is 0 Å². The van der Waals surface area contributed by atoms with E-state index in [0.29, 0.717) is 40.8 Å². The Kier molecular flexibility index (Phi) is 11.4. The number of aromatic hydroxyl groups is 1. The van der Waals surface area contributed by atoms with Crippen LogP contribution in [0.3, 0.4) is 0 Å². The zero-order valence-corrected chi connectivity index (χ0v) is 24.8. The zero-order chi connectivity index (χ0) is 29.2. The maximum Gasteiger partial charge on any atom is 0.262 e. The number of fused-ring (bicyclic) bond motifs is 1. The highest BCUT2D eigenvalue weighted by Crippen LogP contribution is 2.37. The Labute approximate surface area is 238 Å². The van der Waals surface area contributed by atoms with Gasteiger partial charge in [0.1, 0.15) is 5.75 Å². The largest absolute Gasteiger partial charge is 0.508 e. The van der Waals surface area contributed by atoms with E-state index in [1.807, 2.05) is 49.9 Å². The topological polar surface area (TPSA) is 82.9 Å². The molecule has 0 saturated heterocycles. The first-order valence-corrected chi connectivity index (χ1v) is 14.8. The van der Waals surface area contributed by atoms with Gasteiger partial charge in [0.15, 0.2) is 0 Å². The summed E-state index contributed by atoms with van der Waals surface area (Å²) < 4.78 is 1.65. The van der Waals surface area contributed by atoms with Crippen molar-refractivity contribution in [2.75, 3.05) is 24.5 Å². The third-order valence-corrected chi connectivity index (χ3v) is 7.67. The molecule has 7 heteroatoms. The molecular weight excluding hydrogens is 502 g/mol. The summed E-state index contributed by atoms with van der Waals surface area (Å²) in [7, 11) is 0. The fourth-order valence-corrected chi connectivity index (χ4v) is 5.38. The van der Waals surface area contributed by atoms with Crippen LogP contribution in [0.2, 0.25) is 0 Å². The van der Waals surface area contributed by atoms with Gasteiger partial charge in [-0.2, -0.15) is 0 Å². The lowest BCUT2D eigenvalue weighted by atomic mass is 10.1. The minimum atomic E-state index is -0.164. The number of hydrogen-bond acceptors (Lipinski definition) is 4. The van der Waals surface area contributed by atoms with Gasteiger partial charge in [-0.05, 0) is 82.3 Å². The first-order valence-electron chi connectivity index (χ1n) is 14.8. The summed E-state index contributed by atoms with van der Waals surface area (Å²) in [5.74, 6) is -0.00310. The van der Waals surface area contributed by atoms with E-state index < -0.39 is 0 Å². The van der Waals surface area contributed by atoms with Crippen LogP contribution in [0.15, 0.2) is 42.5 Å². The molecule has 1 aromatic heterocycles. The molecule has 216 valence electrons. The van der Waals surface area contributed by atoms with Crippen molar-refractivity contribution in [1.82, 2.24) is 9.47 Å². The normalized spacial score (nSPS) is 11.1. The Balaban J connectivity index is 1.81. The van der Waals surface area contributed by atoms with Crippen molar-refractivity contribution in [3.05, 3.63) is 59.3 Å². The highest BCUT2D eigenvalue weighted by Gasteiger charge is 2.25. The maximum atomic E-state index is 13.7. The van der Waals surface area contributed by atoms with Crippen LogP contribution >= 0.6 is 0 Å². The van der Waals surface area contributed by atoms with Crippen LogP contribution in [-0.4, -0.2) is 51.9 Å². The number of hydrogen-bond donors (Lipinski definition) is 1. The molecule has 0 radical (unpaired) electrons. The van der Waals surface area contributed by atoms with Crippen molar-refractivity contribution in [2.45, 2.75) is 86.0 Å². The minimum absolute atomic E-state index is 0.0833. The number of rotatable bonds is 14. The van der Waals surface area contributed by atoms with Gasteiger partial charge < -0.3 is 14.9 Å². The highest BCUT2D eigenvalue weighted by molar-refractivity contribution is 6.11. The van der Waals surface area contributed by atoms with Crippen LogP contribution in [0, 0.1) is 6.92 Å². The molecule has 0 unspecified atom stereocenters. The van der Waals surface area contributed by atoms with Crippen LogP contribution < -0.4 is 4.90 Å². The van der Waals surface area contributed by atoms with Crippen molar-refractivity contribution in [1.29, 1.82) is 0 Å². The molecule has 0 fully saturated rings. The molecule has 40 heavy (non-hydrogen) atoms. The number of amides is 2. The number of anilines is 1. The van der Waals surface area contributed by atoms with Gasteiger partial charge in [-0.15, -0.1) is 0 Å². The average Bonchev–Trinajstić information content (AvgIpc) is 3.22. The molecule has 0 aliphatic carbocycles.